The van der Waals surface area contributed by atoms with E-state index in [4.69, 9.17) is 5.11 Å². The van der Waals surface area contributed by atoms with Crippen molar-refractivity contribution in [1.82, 2.24) is 9.97 Å². The molecular weight excluding hydrogens is 274 g/mol. The second kappa shape index (κ2) is 5.26. The summed E-state index contributed by atoms with van der Waals surface area (Å²) in [5.41, 5.74) is 0.0812. The molecule has 20 heavy (non-hydrogen) atoms. The van der Waals surface area contributed by atoms with Gasteiger partial charge >= 0.3 is 5.97 Å². The number of carboxylic acids is 1. The quantitative estimate of drug-likeness (QED) is 0.770. The number of fused-ring (bicyclic) bond motifs is 1. The van der Waals surface area contributed by atoms with Crippen molar-refractivity contribution < 1.29 is 9.90 Å². The number of rotatable bonds is 4. The second-order valence-electron chi connectivity index (χ2n) is 4.17. The van der Waals surface area contributed by atoms with Gasteiger partial charge in [0, 0.05) is 17.0 Å². The van der Waals surface area contributed by atoms with Crippen LogP contribution in [-0.2, 0) is 6.54 Å². The Hall–Kier alpha value is -2.47. The largest absolute Gasteiger partial charge is 0.476 e. The highest BCUT2D eigenvalue weighted by Gasteiger charge is 2.09. The highest BCUT2D eigenvalue weighted by molar-refractivity contribution is 7.09. The van der Waals surface area contributed by atoms with Crippen LogP contribution < -0.4 is 5.32 Å². The first-order chi connectivity index (χ1) is 9.74. The molecule has 2 heterocycles. The van der Waals surface area contributed by atoms with Crippen molar-refractivity contribution in [2.75, 3.05) is 5.32 Å². The minimum Gasteiger partial charge on any atom is -0.476 e. The minimum absolute atomic E-state index is 0.0812. The van der Waals surface area contributed by atoms with Crippen LogP contribution in [0.15, 0.2) is 41.9 Å². The summed E-state index contributed by atoms with van der Waals surface area (Å²) in [6.07, 6.45) is 1.75. The van der Waals surface area contributed by atoms with Crippen molar-refractivity contribution >= 4 is 33.9 Å². The number of anilines is 1. The molecule has 3 rings (SSSR count). The first-order valence-electron chi connectivity index (χ1n) is 5.99. The van der Waals surface area contributed by atoms with E-state index >= 15 is 0 Å². The van der Waals surface area contributed by atoms with E-state index in [-0.39, 0.29) is 5.69 Å². The smallest absolute Gasteiger partial charge is 0.355 e. The number of aromatic nitrogens is 2. The summed E-state index contributed by atoms with van der Waals surface area (Å²) in [5, 5.41) is 16.4. The molecule has 2 N–H and O–H groups in total. The molecule has 5 nitrogen and oxygen atoms in total. The zero-order chi connectivity index (χ0) is 13.9. The van der Waals surface area contributed by atoms with E-state index < -0.39 is 5.97 Å². The van der Waals surface area contributed by atoms with E-state index in [0.29, 0.717) is 6.54 Å². The van der Waals surface area contributed by atoms with Crippen molar-refractivity contribution in [3.05, 3.63) is 52.6 Å². The summed E-state index contributed by atoms with van der Waals surface area (Å²) in [6.45, 7) is 0.457. The third-order valence-electron chi connectivity index (χ3n) is 2.85. The number of nitrogens with zero attached hydrogens (tertiary/aromatic N) is 2. The van der Waals surface area contributed by atoms with E-state index in [1.165, 1.54) is 16.7 Å². The van der Waals surface area contributed by atoms with Gasteiger partial charge in [-0.1, -0.05) is 24.3 Å². The number of hydrogen-bond donors (Lipinski definition) is 2. The summed E-state index contributed by atoms with van der Waals surface area (Å²) >= 11 is 1.32. The fourth-order valence-electron chi connectivity index (χ4n) is 1.91. The van der Waals surface area contributed by atoms with Crippen LogP contribution in [-0.4, -0.2) is 21.0 Å². The van der Waals surface area contributed by atoms with Crippen molar-refractivity contribution in [2.24, 2.45) is 0 Å². The zero-order valence-electron chi connectivity index (χ0n) is 10.4. The highest BCUT2D eigenvalue weighted by Crippen LogP contribution is 2.21. The standard InChI is InChI=1S/C14H11N3O2S/c18-14(19)11-8-20-12(17-11)7-16-13-10-4-2-1-3-9(10)5-6-15-13/h1-6,8H,7H2,(H,15,16)(H,18,19). The van der Waals surface area contributed by atoms with E-state index in [1.807, 2.05) is 30.3 Å². The summed E-state index contributed by atoms with van der Waals surface area (Å²) in [7, 11) is 0. The van der Waals surface area contributed by atoms with Crippen LogP contribution in [0.3, 0.4) is 0 Å². The Balaban J connectivity index is 1.81. The SMILES string of the molecule is O=C(O)c1csc(CNc2nccc3ccccc23)n1. The van der Waals surface area contributed by atoms with Gasteiger partial charge in [0.1, 0.15) is 10.8 Å². The van der Waals surface area contributed by atoms with Gasteiger partial charge in [-0.25, -0.2) is 14.8 Å². The lowest BCUT2D eigenvalue weighted by Gasteiger charge is -2.06. The molecule has 0 saturated heterocycles. The normalized spacial score (nSPS) is 10.6. The first kappa shape index (κ1) is 12.6. The Bertz CT molecular complexity index is 764. The molecule has 0 atom stereocenters. The molecule has 0 aliphatic heterocycles. The van der Waals surface area contributed by atoms with Gasteiger partial charge in [0.25, 0.3) is 0 Å². The van der Waals surface area contributed by atoms with Crippen LogP contribution in [0.5, 0.6) is 0 Å². The van der Waals surface area contributed by atoms with Gasteiger partial charge in [-0.3, -0.25) is 0 Å². The zero-order valence-corrected chi connectivity index (χ0v) is 11.2. The molecule has 0 bridgehead atoms. The third kappa shape index (κ3) is 2.46. The number of thiazole rings is 1. The number of carboxylic acid groups (broad SMARTS) is 1. The fourth-order valence-corrected chi connectivity index (χ4v) is 2.62. The van der Waals surface area contributed by atoms with Crippen molar-refractivity contribution in [3.8, 4) is 0 Å². The number of hydrogen-bond acceptors (Lipinski definition) is 5. The van der Waals surface area contributed by atoms with E-state index in [2.05, 4.69) is 15.3 Å². The van der Waals surface area contributed by atoms with Gasteiger partial charge in [-0.2, -0.15) is 0 Å². The predicted molar refractivity (Wildman–Crippen MR) is 78.1 cm³/mol. The molecule has 0 unspecified atom stereocenters. The van der Waals surface area contributed by atoms with E-state index in [1.54, 1.807) is 6.20 Å². The van der Waals surface area contributed by atoms with Crippen LogP contribution in [0.4, 0.5) is 5.82 Å². The molecule has 0 aliphatic carbocycles. The van der Waals surface area contributed by atoms with Crippen LogP contribution in [0.25, 0.3) is 10.8 Å². The van der Waals surface area contributed by atoms with Gasteiger partial charge in [0.05, 0.1) is 6.54 Å². The topological polar surface area (TPSA) is 75.1 Å². The summed E-state index contributed by atoms with van der Waals surface area (Å²) in [4.78, 5) is 19.1. The Morgan fingerprint density at radius 3 is 2.95 bits per heavy atom. The summed E-state index contributed by atoms with van der Waals surface area (Å²) in [6, 6.07) is 9.91. The lowest BCUT2D eigenvalue weighted by Crippen LogP contribution is -2.03. The predicted octanol–water partition coefficient (Wildman–Crippen LogP) is 3.00. The van der Waals surface area contributed by atoms with Crippen LogP contribution >= 0.6 is 11.3 Å². The van der Waals surface area contributed by atoms with E-state index in [0.717, 1.165) is 21.6 Å². The Morgan fingerprint density at radius 1 is 1.30 bits per heavy atom. The van der Waals surface area contributed by atoms with Crippen LogP contribution in [0.1, 0.15) is 15.5 Å². The molecule has 0 fully saturated rings. The molecule has 2 aromatic heterocycles. The minimum atomic E-state index is -1.00. The third-order valence-corrected chi connectivity index (χ3v) is 3.70. The van der Waals surface area contributed by atoms with Gasteiger partial charge in [-0.15, -0.1) is 11.3 Å². The molecular formula is C14H11N3O2S. The highest BCUT2D eigenvalue weighted by atomic mass is 32.1. The number of pyridine rings is 1. The maximum Gasteiger partial charge on any atom is 0.355 e. The monoisotopic (exact) mass is 285 g/mol. The molecule has 0 aliphatic rings. The lowest BCUT2D eigenvalue weighted by molar-refractivity contribution is 0.0691. The van der Waals surface area contributed by atoms with Crippen molar-refractivity contribution in [3.63, 3.8) is 0 Å². The average molecular weight is 285 g/mol. The van der Waals surface area contributed by atoms with Gasteiger partial charge in [0.15, 0.2) is 5.69 Å². The molecule has 0 amide bonds. The molecule has 3 aromatic rings. The van der Waals surface area contributed by atoms with Gasteiger partial charge in [-0.05, 0) is 11.5 Å². The molecule has 100 valence electrons. The first-order valence-corrected chi connectivity index (χ1v) is 6.87. The Morgan fingerprint density at radius 2 is 2.15 bits per heavy atom. The Kier molecular flexibility index (Phi) is 3.30. The van der Waals surface area contributed by atoms with Crippen molar-refractivity contribution in [2.45, 2.75) is 6.54 Å². The number of aromatic carboxylic acids is 1. The number of carbonyl (C=O) groups is 1. The fraction of sp³-hybridized carbons (Fsp3) is 0.0714. The Labute approximate surface area is 118 Å². The maximum atomic E-state index is 10.8. The molecule has 0 saturated carbocycles. The maximum absolute atomic E-state index is 10.8. The number of benzene rings is 1. The molecule has 0 radical (unpaired) electrons. The summed E-state index contributed by atoms with van der Waals surface area (Å²) < 4.78 is 0. The van der Waals surface area contributed by atoms with Crippen LogP contribution in [0.2, 0.25) is 0 Å². The number of nitrogens with one attached hydrogen (secondary N) is 1. The second-order valence-corrected chi connectivity index (χ2v) is 5.11. The molecule has 6 heteroatoms. The van der Waals surface area contributed by atoms with E-state index in [9.17, 15) is 4.79 Å². The lowest BCUT2D eigenvalue weighted by atomic mass is 10.1. The molecule has 0 spiro atoms. The molecule has 1 aromatic carbocycles. The van der Waals surface area contributed by atoms with Gasteiger partial charge in [0.2, 0.25) is 0 Å². The average Bonchev–Trinajstić information content (AvgIpc) is 2.94. The summed E-state index contributed by atoms with van der Waals surface area (Å²) in [5.74, 6) is -0.231. The van der Waals surface area contributed by atoms with Crippen LogP contribution in [0, 0.1) is 0 Å². The van der Waals surface area contributed by atoms with Gasteiger partial charge < -0.3 is 10.4 Å². The van der Waals surface area contributed by atoms with Crippen molar-refractivity contribution in [1.29, 1.82) is 0 Å².